The largest absolute Gasteiger partial charge is 0.326 e. The van der Waals surface area contributed by atoms with Crippen molar-refractivity contribution in [3.05, 3.63) is 47.8 Å². The highest BCUT2D eigenvalue weighted by molar-refractivity contribution is 6.12. The number of pyridine rings is 1. The fourth-order valence-corrected chi connectivity index (χ4v) is 2.98. The second kappa shape index (κ2) is 7.80. The van der Waals surface area contributed by atoms with Crippen LogP contribution in [-0.2, 0) is 4.79 Å². The molecule has 0 saturated carbocycles. The van der Waals surface area contributed by atoms with Crippen LogP contribution >= 0.6 is 0 Å². The van der Waals surface area contributed by atoms with Crippen LogP contribution < -0.4 is 10.6 Å². The third-order valence-electron chi connectivity index (χ3n) is 4.35. The van der Waals surface area contributed by atoms with E-state index in [-0.39, 0.29) is 23.8 Å². The minimum atomic E-state index is -0.238. The number of anilines is 2. The number of rotatable bonds is 5. The number of nitrogens with one attached hydrogen (secondary N) is 2. The Morgan fingerprint density at radius 3 is 2.32 bits per heavy atom. The van der Waals surface area contributed by atoms with Gasteiger partial charge in [-0.15, -0.1) is 0 Å². The average molecular weight is 379 g/mol. The van der Waals surface area contributed by atoms with Crippen molar-refractivity contribution in [2.24, 2.45) is 0 Å². The van der Waals surface area contributed by atoms with Crippen molar-refractivity contribution in [2.45, 2.75) is 46.6 Å². The minimum absolute atomic E-state index is 0.137. The highest BCUT2D eigenvalue weighted by atomic mass is 16.2. The number of hydrogen-bond donors (Lipinski definition) is 2. The zero-order valence-corrected chi connectivity index (χ0v) is 16.8. The van der Waals surface area contributed by atoms with Gasteiger partial charge in [-0.2, -0.15) is 5.10 Å². The first-order chi connectivity index (χ1) is 13.3. The van der Waals surface area contributed by atoms with E-state index < -0.39 is 0 Å². The molecule has 1 aromatic carbocycles. The normalized spacial score (nSPS) is 11.2. The van der Waals surface area contributed by atoms with E-state index in [0.717, 1.165) is 5.69 Å². The van der Waals surface area contributed by atoms with E-state index in [4.69, 9.17) is 4.98 Å². The van der Waals surface area contributed by atoms with Crippen LogP contribution in [0.2, 0.25) is 0 Å². The van der Waals surface area contributed by atoms with Crippen LogP contribution in [0.5, 0.6) is 0 Å². The fourth-order valence-electron chi connectivity index (χ4n) is 2.98. The highest BCUT2D eigenvalue weighted by Crippen LogP contribution is 2.25. The van der Waals surface area contributed by atoms with Crippen LogP contribution in [0.15, 0.2) is 36.5 Å². The number of nitrogens with zero attached hydrogens (tertiary/aromatic N) is 3. The molecule has 0 aliphatic heterocycles. The first-order valence-electron chi connectivity index (χ1n) is 9.33. The number of benzene rings is 1. The molecule has 0 atom stereocenters. The quantitative estimate of drug-likeness (QED) is 0.690. The molecule has 2 N–H and O–H groups in total. The van der Waals surface area contributed by atoms with Crippen LogP contribution in [0.4, 0.5) is 11.4 Å². The van der Waals surface area contributed by atoms with Gasteiger partial charge in [0.15, 0.2) is 5.65 Å². The summed E-state index contributed by atoms with van der Waals surface area (Å²) in [6.07, 6.45) is 1.69. The lowest BCUT2D eigenvalue weighted by atomic mass is 10.0. The summed E-state index contributed by atoms with van der Waals surface area (Å²) in [7, 11) is 0. The van der Waals surface area contributed by atoms with Gasteiger partial charge >= 0.3 is 0 Å². The summed E-state index contributed by atoms with van der Waals surface area (Å²) in [5, 5.41) is 10.8. The van der Waals surface area contributed by atoms with E-state index in [2.05, 4.69) is 15.7 Å². The Morgan fingerprint density at radius 2 is 1.71 bits per heavy atom. The number of fused-ring (bicyclic) bond motifs is 1. The molecule has 146 valence electrons. The molecule has 7 heteroatoms. The Balaban J connectivity index is 2.00. The van der Waals surface area contributed by atoms with Gasteiger partial charge in [0.1, 0.15) is 0 Å². The van der Waals surface area contributed by atoms with Crippen molar-refractivity contribution in [1.29, 1.82) is 0 Å². The molecule has 3 aromatic rings. The summed E-state index contributed by atoms with van der Waals surface area (Å²) < 4.78 is 1.83. The summed E-state index contributed by atoms with van der Waals surface area (Å²) in [5.74, 6) is -0.228. The van der Waals surface area contributed by atoms with Crippen LogP contribution in [0.25, 0.3) is 11.0 Å². The van der Waals surface area contributed by atoms with Gasteiger partial charge in [-0.1, -0.05) is 19.9 Å². The Labute approximate surface area is 164 Å². The molecule has 2 heterocycles. The Kier molecular flexibility index (Phi) is 5.44. The fraction of sp³-hybridized carbons (Fsp3) is 0.333. The molecule has 28 heavy (non-hydrogen) atoms. The summed E-state index contributed by atoms with van der Waals surface area (Å²) in [5.41, 5.74) is 3.31. The lowest BCUT2D eigenvalue weighted by Gasteiger charge is -2.13. The number of amides is 2. The first kappa shape index (κ1) is 19.5. The maximum absolute atomic E-state index is 13.1. The van der Waals surface area contributed by atoms with Gasteiger partial charge in [-0.25, -0.2) is 9.67 Å². The zero-order valence-electron chi connectivity index (χ0n) is 16.8. The topological polar surface area (TPSA) is 88.9 Å². The van der Waals surface area contributed by atoms with E-state index in [1.165, 1.54) is 6.92 Å². The maximum Gasteiger partial charge on any atom is 0.256 e. The van der Waals surface area contributed by atoms with Crippen LogP contribution in [-0.4, -0.2) is 26.6 Å². The van der Waals surface area contributed by atoms with Gasteiger partial charge < -0.3 is 10.6 Å². The van der Waals surface area contributed by atoms with Crippen molar-refractivity contribution in [3.63, 3.8) is 0 Å². The van der Waals surface area contributed by atoms with E-state index in [1.807, 2.05) is 38.4 Å². The smallest absolute Gasteiger partial charge is 0.256 e. The van der Waals surface area contributed by atoms with Crippen molar-refractivity contribution in [3.8, 4) is 0 Å². The molecule has 0 saturated heterocycles. The average Bonchev–Trinajstić information content (AvgIpc) is 3.04. The van der Waals surface area contributed by atoms with E-state index in [1.54, 1.807) is 30.5 Å². The van der Waals surface area contributed by atoms with E-state index in [9.17, 15) is 9.59 Å². The monoisotopic (exact) mass is 379 g/mol. The second-order valence-electron chi connectivity index (χ2n) is 7.39. The molecule has 0 aliphatic carbocycles. The van der Waals surface area contributed by atoms with Crippen molar-refractivity contribution < 1.29 is 9.59 Å². The van der Waals surface area contributed by atoms with E-state index >= 15 is 0 Å². The summed E-state index contributed by atoms with van der Waals surface area (Å²) in [6, 6.07) is 9.01. The van der Waals surface area contributed by atoms with Crippen LogP contribution in [0.1, 0.15) is 62.6 Å². The van der Waals surface area contributed by atoms with Crippen molar-refractivity contribution >= 4 is 34.2 Å². The Hall–Kier alpha value is -3.22. The third kappa shape index (κ3) is 4.03. The zero-order chi connectivity index (χ0) is 20.4. The Morgan fingerprint density at radius 1 is 1.04 bits per heavy atom. The molecule has 0 unspecified atom stereocenters. The lowest BCUT2D eigenvalue weighted by Crippen LogP contribution is -2.14. The van der Waals surface area contributed by atoms with Gasteiger partial charge in [0, 0.05) is 30.0 Å². The molecule has 0 aliphatic rings. The highest BCUT2D eigenvalue weighted by Gasteiger charge is 2.19. The number of carbonyl (C=O) groups excluding carboxylic acids is 2. The number of aromatic nitrogens is 3. The summed E-state index contributed by atoms with van der Waals surface area (Å²) >= 11 is 0. The molecule has 2 aromatic heterocycles. The first-order valence-corrected chi connectivity index (χ1v) is 9.33. The molecule has 2 amide bonds. The Bertz CT molecular complexity index is 1040. The number of carbonyl (C=O) groups is 2. The standard InChI is InChI=1S/C21H25N5O2/c1-12(2)19-10-17(18-11-22-26(13(3)4)20(18)25-19)21(28)24-16-8-6-7-15(9-16)23-14(5)27/h6-13H,1-5H3,(H,23,27)(H,24,28). The van der Waals surface area contributed by atoms with Crippen molar-refractivity contribution in [2.75, 3.05) is 10.6 Å². The van der Waals surface area contributed by atoms with Gasteiger partial charge in [-0.05, 0) is 44.0 Å². The van der Waals surface area contributed by atoms with Gasteiger partial charge in [0.05, 0.1) is 17.1 Å². The third-order valence-corrected chi connectivity index (χ3v) is 4.35. The van der Waals surface area contributed by atoms with Gasteiger partial charge in [0.25, 0.3) is 5.91 Å². The van der Waals surface area contributed by atoms with Crippen LogP contribution in [0, 0.1) is 0 Å². The van der Waals surface area contributed by atoms with Gasteiger partial charge in [0.2, 0.25) is 5.91 Å². The molecule has 7 nitrogen and oxygen atoms in total. The molecule has 0 bridgehead atoms. The predicted molar refractivity (Wildman–Crippen MR) is 111 cm³/mol. The SMILES string of the molecule is CC(=O)Nc1cccc(NC(=O)c2cc(C(C)C)nc3c2cnn3C(C)C)c1. The predicted octanol–water partition coefficient (Wildman–Crippen LogP) is 4.35. The summed E-state index contributed by atoms with van der Waals surface area (Å²) in [6.45, 7) is 9.59. The molecular formula is C21H25N5O2. The molecular weight excluding hydrogens is 354 g/mol. The number of hydrogen-bond acceptors (Lipinski definition) is 4. The van der Waals surface area contributed by atoms with E-state index in [0.29, 0.717) is 28.0 Å². The molecule has 0 fully saturated rings. The minimum Gasteiger partial charge on any atom is -0.326 e. The second-order valence-corrected chi connectivity index (χ2v) is 7.39. The maximum atomic E-state index is 13.1. The molecule has 0 spiro atoms. The molecule has 3 rings (SSSR count). The van der Waals surface area contributed by atoms with Gasteiger partial charge in [-0.3, -0.25) is 9.59 Å². The molecule has 0 radical (unpaired) electrons. The van der Waals surface area contributed by atoms with Crippen LogP contribution in [0.3, 0.4) is 0 Å². The summed E-state index contributed by atoms with van der Waals surface area (Å²) in [4.78, 5) is 29.0. The van der Waals surface area contributed by atoms with Crippen molar-refractivity contribution in [1.82, 2.24) is 14.8 Å². The lowest BCUT2D eigenvalue weighted by molar-refractivity contribution is -0.114.